The Bertz CT molecular complexity index is 916. The number of benzene rings is 1. The number of nitrogens with one attached hydrogen (secondary N) is 1. The molecule has 23 heavy (non-hydrogen) atoms. The number of fused-ring (bicyclic) bond motifs is 1. The number of hydrogen-bond donors (Lipinski definition) is 4. The van der Waals surface area contributed by atoms with Crippen LogP contribution in [0.1, 0.15) is 24.5 Å². The molecule has 0 radical (unpaired) electrons. The standard InChI is InChI=1S/C12H13NO8S2/c1-7(14)13-12(23(19,20)21)6-9(22(16,17)18)5-8-3-2-4-10(15)11(8)12/h2-5,15H,6H2,1H3,(H,13,14)(H,16,17,18)(H,19,20,21). The van der Waals surface area contributed by atoms with Crippen LogP contribution in [0.4, 0.5) is 0 Å². The highest BCUT2D eigenvalue weighted by molar-refractivity contribution is 7.90. The number of amides is 1. The lowest BCUT2D eigenvalue weighted by molar-refractivity contribution is -0.120. The molecular formula is C12H13NO8S2. The molecule has 11 heteroatoms. The quantitative estimate of drug-likeness (QED) is 0.554. The van der Waals surface area contributed by atoms with Crippen LogP contribution in [0.5, 0.6) is 5.75 Å². The first-order valence-electron chi connectivity index (χ1n) is 6.15. The average Bonchev–Trinajstić information content (AvgIpc) is 2.35. The zero-order chi connectivity index (χ0) is 17.6. The van der Waals surface area contributed by atoms with Crippen molar-refractivity contribution >= 4 is 32.2 Å². The van der Waals surface area contributed by atoms with E-state index in [2.05, 4.69) is 0 Å². The van der Waals surface area contributed by atoms with E-state index in [4.69, 9.17) is 0 Å². The normalized spacial score (nSPS) is 21.3. The maximum absolute atomic E-state index is 12.0. The van der Waals surface area contributed by atoms with Crippen molar-refractivity contribution < 1.29 is 35.8 Å². The Morgan fingerprint density at radius 1 is 1.22 bits per heavy atom. The lowest BCUT2D eigenvalue weighted by Gasteiger charge is -2.36. The Balaban J connectivity index is 2.94. The highest BCUT2D eigenvalue weighted by Gasteiger charge is 2.52. The van der Waals surface area contributed by atoms with E-state index in [0.29, 0.717) is 0 Å². The predicted molar refractivity (Wildman–Crippen MR) is 79.3 cm³/mol. The van der Waals surface area contributed by atoms with Crippen LogP contribution in [0.2, 0.25) is 0 Å². The molecule has 0 heterocycles. The van der Waals surface area contributed by atoms with Gasteiger partial charge in [-0.3, -0.25) is 13.9 Å². The molecule has 2 rings (SSSR count). The Kier molecular flexibility index (Phi) is 4.01. The van der Waals surface area contributed by atoms with E-state index in [1.165, 1.54) is 12.1 Å². The molecule has 0 aromatic heterocycles. The first-order chi connectivity index (χ1) is 10.4. The summed E-state index contributed by atoms with van der Waals surface area (Å²) in [6, 6.07) is 3.69. The number of rotatable bonds is 3. The lowest BCUT2D eigenvalue weighted by atomic mass is 9.91. The van der Waals surface area contributed by atoms with Crippen molar-refractivity contribution in [3.05, 3.63) is 34.2 Å². The van der Waals surface area contributed by atoms with Crippen LogP contribution in [0.15, 0.2) is 23.1 Å². The third-order valence-corrected chi connectivity index (χ3v) is 5.62. The smallest absolute Gasteiger partial charge is 0.294 e. The molecule has 1 amide bonds. The fraction of sp³-hybridized carbons (Fsp3) is 0.250. The number of phenols is 1. The summed E-state index contributed by atoms with van der Waals surface area (Å²) in [5.41, 5.74) is -0.472. The topological polar surface area (TPSA) is 158 Å². The Morgan fingerprint density at radius 2 is 1.83 bits per heavy atom. The van der Waals surface area contributed by atoms with Crippen molar-refractivity contribution in [2.45, 2.75) is 18.2 Å². The molecule has 1 unspecified atom stereocenters. The third-order valence-electron chi connectivity index (χ3n) is 3.37. The largest absolute Gasteiger partial charge is 0.508 e. The van der Waals surface area contributed by atoms with Crippen molar-refractivity contribution in [2.24, 2.45) is 0 Å². The molecule has 1 aliphatic carbocycles. The third kappa shape index (κ3) is 2.95. The van der Waals surface area contributed by atoms with Gasteiger partial charge >= 0.3 is 0 Å². The minimum absolute atomic E-state index is 0.0877. The second-order valence-electron chi connectivity index (χ2n) is 4.99. The van der Waals surface area contributed by atoms with Crippen molar-refractivity contribution in [3.63, 3.8) is 0 Å². The summed E-state index contributed by atoms with van der Waals surface area (Å²) in [5.74, 6) is -1.46. The Morgan fingerprint density at radius 3 is 2.30 bits per heavy atom. The van der Waals surface area contributed by atoms with Crippen molar-refractivity contribution in [1.29, 1.82) is 0 Å². The summed E-state index contributed by atoms with van der Waals surface area (Å²) in [6.07, 6.45) is -0.0234. The molecule has 126 valence electrons. The summed E-state index contributed by atoms with van der Waals surface area (Å²) < 4.78 is 65.6. The van der Waals surface area contributed by atoms with Gasteiger partial charge in [0.2, 0.25) is 10.8 Å². The molecule has 0 fully saturated rings. The van der Waals surface area contributed by atoms with Crippen LogP contribution in [-0.2, 0) is 29.9 Å². The van der Waals surface area contributed by atoms with E-state index in [-0.39, 0.29) is 11.1 Å². The molecular weight excluding hydrogens is 350 g/mol. The van der Waals surface area contributed by atoms with Crippen LogP contribution in [0.3, 0.4) is 0 Å². The second-order valence-corrected chi connectivity index (χ2v) is 8.11. The molecule has 0 spiro atoms. The van der Waals surface area contributed by atoms with Gasteiger partial charge in [0.25, 0.3) is 20.2 Å². The lowest BCUT2D eigenvalue weighted by Crippen LogP contribution is -2.52. The highest BCUT2D eigenvalue weighted by atomic mass is 32.2. The summed E-state index contributed by atoms with van der Waals surface area (Å²) in [5, 5.41) is 12.0. The van der Waals surface area contributed by atoms with Crippen molar-refractivity contribution in [3.8, 4) is 5.75 Å². The van der Waals surface area contributed by atoms with Gasteiger partial charge in [-0.05, 0) is 17.7 Å². The fourth-order valence-electron chi connectivity index (χ4n) is 2.52. The van der Waals surface area contributed by atoms with E-state index in [1.807, 2.05) is 5.32 Å². The SMILES string of the molecule is CC(=O)NC1(S(=O)(=O)O)CC(S(=O)(=O)O)=Cc2cccc(O)c21. The first kappa shape index (κ1) is 17.4. The number of aromatic hydroxyl groups is 1. The minimum atomic E-state index is -5.12. The summed E-state index contributed by atoms with van der Waals surface area (Å²) in [4.78, 5) is 8.07. The molecule has 0 aliphatic heterocycles. The van der Waals surface area contributed by atoms with Gasteiger partial charge < -0.3 is 10.4 Å². The van der Waals surface area contributed by atoms with Crippen LogP contribution >= 0.6 is 0 Å². The summed E-state index contributed by atoms with van der Waals surface area (Å²) >= 11 is 0. The summed E-state index contributed by atoms with van der Waals surface area (Å²) in [7, 11) is -9.92. The monoisotopic (exact) mass is 363 g/mol. The van der Waals surface area contributed by atoms with Crippen LogP contribution < -0.4 is 5.32 Å². The zero-order valence-corrected chi connectivity index (χ0v) is 13.3. The van der Waals surface area contributed by atoms with Crippen molar-refractivity contribution in [1.82, 2.24) is 5.32 Å². The van der Waals surface area contributed by atoms with Gasteiger partial charge in [0.15, 0.2) is 0 Å². The molecule has 0 bridgehead atoms. The van der Waals surface area contributed by atoms with E-state index in [9.17, 15) is 35.8 Å². The number of hydrogen-bond acceptors (Lipinski definition) is 6. The van der Waals surface area contributed by atoms with Gasteiger partial charge in [-0.1, -0.05) is 12.1 Å². The molecule has 9 nitrogen and oxygen atoms in total. The summed E-state index contributed by atoms with van der Waals surface area (Å²) in [6.45, 7) is 0.956. The maximum atomic E-state index is 12.0. The number of carbonyl (C=O) groups is 1. The molecule has 1 atom stereocenters. The highest BCUT2D eigenvalue weighted by Crippen LogP contribution is 2.45. The van der Waals surface area contributed by atoms with Gasteiger partial charge in [0.1, 0.15) is 5.75 Å². The van der Waals surface area contributed by atoms with Crippen LogP contribution in [-0.4, -0.2) is 37.0 Å². The maximum Gasteiger partial charge on any atom is 0.294 e. The van der Waals surface area contributed by atoms with E-state index in [1.54, 1.807) is 0 Å². The predicted octanol–water partition coefficient (Wildman–Crippen LogP) is 0.201. The number of phenolic OH excluding ortho intramolecular Hbond substituents is 1. The van der Waals surface area contributed by atoms with E-state index >= 15 is 0 Å². The molecule has 1 aromatic carbocycles. The first-order valence-corrected chi connectivity index (χ1v) is 9.03. The Labute approximate surface area is 132 Å². The molecule has 1 aliphatic rings. The molecule has 0 saturated heterocycles. The zero-order valence-electron chi connectivity index (χ0n) is 11.7. The van der Waals surface area contributed by atoms with E-state index < -0.39 is 48.1 Å². The van der Waals surface area contributed by atoms with Crippen molar-refractivity contribution in [2.75, 3.05) is 0 Å². The molecule has 1 aromatic rings. The number of carbonyl (C=O) groups excluding carboxylic acids is 1. The van der Waals surface area contributed by atoms with Gasteiger partial charge in [0, 0.05) is 18.9 Å². The van der Waals surface area contributed by atoms with Gasteiger partial charge in [-0.15, -0.1) is 0 Å². The van der Waals surface area contributed by atoms with Gasteiger partial charge in [-0.25, -0.2) is 0 Å². The molecule has 0 saturated carbocycles. The fourth-order valence-corrected chi connectivity index (χ4v) is 4.37. The Hall–Kier alpha value is -1.95. The van der Waals surface area contributed by atoms with Gasteiger partial charge in [-0.2, -0.15) is 16.8 Å². The second kappa shape index (κ2) is 5.30. The van der Waals surface area contributed by atoms with Crippen LogP contribution in [0.25, 0.3) is 6.08 Å². The van der Waals surface area contributed by atoms with Crippen LogP contribution in [0, 0.1) is 0 Å². The average molecular weight is 363 g/mol. The van der Waals surface area contributed by atoms with E-state index in [0.717, 1.165) is 19.1 Å². The van der Waals surface area contributed by atoms with Gasteiger partial charge in [0.05, 0.1) is 4.91 Å². The molecule has 4 N–H and O–H groups in total. The minimum Gasteiger partial charge on any atom is -0.508 e.